The molecule has 0 aliphatic heterocycles. The molecule has 4 nitrogen and oxygen atoms in total. The van der Waals surface area contributed by atoms with Gasteiger partial charge in [-0.05, 0) is 46.4 Å². The Balaban J connectivity index is 1.66. The first-order valence-electron chi connectivity index (χ1n) is 12.2. The van der Waals surface area contributed by atoms with Crippen molar-refractivity contribution in [3.63, 3.8) is 0 Å². The van der Waals surface area contributed by atoms with E-state index in [1.165, 1.54) is 11.3 Å². The molecule has 0 radical (unpaired) electrons. The van der Waals surface area contributed by atoms with Crippen molar-refractivity contribution >= 4 is 17.2 Å². The zero-order valence-electron chi connectivity index (χ0n) is 20.7. The highest BCUT2D eigenvalue weighted by Gasteiger charge is 2.15. The molecular weight excluding hydrogens is 476 g/mol. The number of benzene rings is 4. The highest BCUT2D eigenvalue weighted by atomic mass is 32.1. The van der Waals surface area contributed by atoms with Gasteiger partial charge in [-0.15, -0.1) is 0 Å². The number of nitrogens with zero attached hydrogens (tertiary/aromatic N) is 2. The molecule has 5 aromatic rings. The van der Waals surface area contributed by atoms with Crippen LogP contribution in [0.2, 0.25) is 0 Å². The summed E-state index contributed by atoms with van der Waals surface area (Å²) >= 11 is 1.33. The molecule has 0 saturated carbocycles. The third-order valence-corrected chi connectivity index (χ3v) is 7.19. The topological polar surface area (TPSA) is 51.4 Å². The van der Waals surface area contributed by atoms with E-state index in [-0.39, 0.29) is 11.5 Å². The second kappa shape index (κ2) is 10.7. The maximum atomic E-state index is 13.5. The Bertz CT molecular complexity index is 1670. The van der Waals surface area contributed by atoms with E-state index in [0.717, 1.165) is 32.8 Å². The summed E-state index contributed by atoms with van der Waals surface area (Å²) in [7, 11) is 0. The summed E-state index contributed by atoms with van der Waals surface area (Å²) in [4.78, 5) is 32.5. The molecular formula is C32H26N2O2S. The van der Waals surface area contributed by atoms with Gasteiger partial charge >= 0.3 is 0 Å². The lowest BCUT2D eigenvalue weighted by atomic mass is 10.0. The maximum absolute atomic E-state index is 13.5. The van der Waals surface area contributed by atoms with E-state index in [1.54, 1.807) is 22.8 Å². The average molecular weight is 503 g/mol. The normalized spacial score (nSPS) is 11.6. The summed E-state index contributed by atoms with van der Waals surface area (Å²) in [6.45, 7) is 4.17. The zero-order chi connectivity index (χ0) is 25.8. The van der Waals surface area contributed by atoms with Crippen LogP contribution in [0.3, 0.4) is 0 Å². The molecule has 0 unspecified atom stereocenters. The van der Waals surface area contributed by atoms with Crippen LogP contribution >= 0.6 is 11.3 Å². The number of amides is 1. The van der Waals surface area contributed by atoms with Crippen LogP contribution in [0, 0.1) is 0 Å². The zero-order valence-corrected chi connectivity index (χ0v) is 21.5. The van der Waals surface area contributed by atoms with E-state index in [1.807, 2.05) is 97.1 Å². The van der Waals surface area contributed by atoms with Gasteiger partial charge in [-0.1, -0.05) is 116 Å². The first-order chi connectivity index (χ1) is 18.0. The molecule has 0 aliphatic carbocycles. The molecule has 182 valence electrons. The molecule has 0 fully saturated rings. The molecule has 5 rings (SSSR count). The average Bonchev–Trinajstić information content (AvgIpc) is 2.94. The quantitative estimate of drug-likeness (QED) is 0.257. The first-order valence-corrected chi connectivity index (χ1v) is 13.0. The lowest BCUT2D eigenvalue weighted by Crippen LogP contribution is -2.31. The van der Waals surface area contributed by atoms with Crippen molar-refractivity contribution in [1.29, 1.82) is 0 Å². The Hall–Kier alpha value is -4.35. The van der Waals surface area contributed by atoms with Crippen LogP contribution in [0.1, 0.15) is 35.7 Å². The molecule has 0 aliphatic rings. The van der Waals surface area contributed by atoms with Crippen molar-refractivity contribution in [3.05, 3.63) is 142 Å². The van der Waals surface area contributed by atoms with Gasteiger partial charge in [0, 0.05) is 16.5 Å². The lowest BCUT2D eigenvalue weighted by Gasteiger charge is -2.15. The molecule has 5 heteroatoms. The van der Waals surface area contributed by atoms with Crippen molar-refractivity contribution in [1.82, 2.24) is 4.57 Å². The lowest BCUT2D eigenvalue weighted by molar-refractivity contribution is 0.0998. The largest absolute Gasteiger partial charge is 0.279 e. The fourth-order valence-corrected chi connectivity index (χ4v) is 5.27. The number of hydrogen-bond donors (Lipinski definition) is 0. The molecule has 37 heavy (non-hydrogen) atoms. The van der Waals surface area contributed by atoms with Crippen LogP contribution in [-0.4, -0.2) is 10.5 Å². The van der Waals surface area contributed by atoms with Crippen molar-refractivity contribution in [3.8, 4) is 27.3 Å². The van der Waals surface area contributed by atoms with E-state index < -0.39 is 5.91 Å². The van der Waals surface area contributed by atoms with Gasteiger partial charge in [-0.3, -0.25) is 14.2 Å². The van der Waals surface area contributed by atoms with E-state index in [9.17, 15) is 9.59 Å². The Kier molecular flexibility index (Phi) is 7.06. The summed E-state index contributed by atoms with van der Waals surface area (Å²) in [6.07, 6.45) is 0. The minimum atomic E-state index is -0.392. The Morgan fingerprint density at radius 2 is 1.30 bits per heavy atom. The van der Waals surface area contributed by atoms with Crippen LogP contribution in [0.5, 0.6) is 0 Å². The predicted molar refractivity (Wildman–Crippen MR) is 151 cm³/mol. The van der Waals surface area contributed by atoms with E-state index in [0.29, 0.717) is 10.4 Å². The second-order valence-corrected chi connectivity index (χ2v) is 10.0. The minimum absolute atomic E-state index is 0.191. The number of carbonyl (C=O) groups is 1. The summed E-state index contributed by atoms with van der Waals surface area (Å²) in [5.74, 6) is -0.202. The van der Waals surface area contributed by atoms with Crippen LogP contribution in [0.15, 0.2) is 125 Å². The van der Waals surface area contributed by atoms with Gasteiger partial charge in [0.05, 0.1) is 5.69 Å². The highest BCUT2D eigenvalue weighted by molar-refractivity contribution is 7.12. The van der Waals surface area contributed by atoms with Crippen molar-refractivity contribution < 1.29 is 4.79 Å². The number of para-hydroxylation sites is 1. The third kappa shape index (κ3) is 5.27. The second-order valence-electron chi connectivity index (χ2n) is 9.01. The number of hydrogen-bond acceptors (Lipinski definition) is 3. The summed E-state index contributed by atoms with van der Waals surface area (Å²) in [5.41, 5.74) is 5.00. The fraction of sp³-hybridized carbons (Fsp3) is 0.0938. The molecule has 4 aromatic carbocycles. The van der Waals surface area contributed by atoms with Crippen LogP contribution in [0.25, 0.3) is 27.3 Å². The van der Waals surface area contributed by atoms with Gasteiger partial charge < -0.3 is 0 Å². The van der Waals surface area contributed by atoms with Gasteiger partial charge in [-0.2, -0.15) is 4.99 Å². The van der Waals surface area contributed by atoms with Gasteiger partial charge in [-0.25, -0.2) is 0 Å². The Labute approximate surface area is 219 Å². The minimum Gasteiger partial charge on any atom is -0.269 e. The van der Waals surface area contributed by atoms with Gasteiger partial charge in [0.25, 0.3) is 11.5 Å². The van der Waals surface area contributed by atoms with Crippen LogP contribution in [0.4, 0.5) is 0 Å². The third-order valence-electron chi connectivity index (χ3n) is 6.16. The van der Waals surface area contributed by atoms with Crippen molar-refractivity contribution in [2.45, 2.75) is 19.8 Å². The van der Waals surface area contributed by atoms with Gasteiger partial charge in [0.1, 0.15) is 0 Å². The number of aromatic nitrogens is 1. The molecule has 1 heterocycles. The van der Waals surface area contributed by atoms with Crippen molar-refractivity contribution in [2.24, 2.45) is 4.99 Å². The molecule has 0 atom stereocenters. The van der Waals surface area contributed by atoms with Crippen molar-refractivity contribution in [2.75, 3.05) is 0 Å². The molecule has 0 N–H and O–H groups in total. The van der Waals surface area contributed by atoms with E-state index >= 15 is 0 Å². The van der Waals surface area contributed by atoms with Gasteiger partial charge in [0.2, 0.25) is 4.80 Å². The monoisotopic (exact) mass is 502 g/mol. The van der Waals surface area contributed by atoms with Crippen LogP contribution in [-0.2, 0) is 0 Å². The summed E-state index contributed by atoms with van der Waals surface area (Å²) in [6, 6.07) is 36.5. The summed E-state index contributed by atoms with van der Waals surface area (Å²) in [5, 5.41) is 0. The highest BCUT2D eigenvalue weighted by Crippen LogP contribution is 2.24. The summed E-state index contributed by atoms with van der Waals surface area (Å²) < 4.78 is 1.56. The van der Waals surface area contributed by atoms with Gasteiger partial charge in [0.15, 0.2) is 0 Å². The maximum Gasteiger partial charge on any atom is 0.279 e. The fourth-order valence-electron chi connectivity index (χ4n) is 4.25. The SMILES string of the molecule is CC(C)c1ccccc1-n1c(=O)cc(-c2ccccc2)s/c1=N\C(=O)c1ccc(-c2ccccc2)cc1. The molecule has 0 saturated heterocycles. The van der Waals surface area contributed by atoms with E-state index in [4.69, 9.17) is 0 Å². The molecule has 0 bridgehead atoms. The molecule has 1 amide bonds. The van der Waals surface area contributed by atoms with Crippen LogP contribution < -0.4 is 10.4 Å². The Morgan fingerprint density at radius 1 is 0.730 bits per heavy atom. The standard InChI is InChI=1S/C32H26N2O2S/c1-22(2)27-15-9-10-16-28(27)34-30(35)21-29(25-13-7-4-8-14-25)37-32(34)33-31(36)26-19-17-24(18-20-26)23-11-5-3-6-12-23/h3-22H,1-2H3/b33-32-. The molecule has 0 spiro atoms. The predicted octanol–water partition coefficient (Wildman–Crippen LogP) is 7.10. The first kappa shape index (κ1) is 24.3. The number of rotatable bonds is 5. The van der Waals surface area contributed by atoms with E-state index in [2.05, 4.69) is 18.8 Å². The number of carbonyl (C=O) groups excluding carboxylic acids is 1. The molecule has 1 aromatic heterocycles. The Morgan fingerprint density at radius 3 is 1.95 bits per heavy atom. The smallest absolute Gasteiger partial charge is 0.269 e.